The molecule has 0 spiro atoms. The average Bonchev–Trinajstić information content (AvgIpc) is 3.09. The number of hydrogen-bond donors (Lipinski definition) is 2. The van der Waals surface area contributed by atoms with E-state index in [2.05, 4.69) is 20.9 Å². The standard InChI is InChI=1S/C15H21N5O3/c1-9(2)14-12(7-20(3)18-14)17-15(21)16-6-11-10-8-22-5-4-13(10)23-19-11/h7,9H,4-6,8H2,1-3H3,(H2,16,17,21). The Hall–Kier alpha value is -2.35. The molecule has 2 aromatic rings. The van der Waals surface area contributed by atoms with Gasteiger partial charge in [-0.1, -0.05) is 19.0 Å². The zero-order valence-corrected chi connectivity index (χ0v) is 13.5. The first-order valence-corrected chi connectivity index (χ1v) is 7.67. The van der Waals surface area contributed by atoms with E-state index in [1.807, 2.05) is 20.9 Å². The maximum atomic E-state index is 12.1. The highest BCUT2D eigenvalue weighted by molar-refractivity contribution is 5.89. The number of carbonyl (C=O) groups excluding carboxylic acids is 1. The van der Waals surface area contributed by atoms with E-state index < -0.39 is 0 Å². The summed E-state index contributed by atoms with van der Waals surface area (Å²) in [5.41, 5.74) is 3.23. The zero-order chi connectivity index (χ0) is 16.4. The van der Waals surface area contributed by atoms with Gasteiger partial charge >= 0.3 is 6.03 Å². The van der Waals surface area contributed by atoms with Crippen LogP contribution in [0.15, 0.2) is 10.7 Å². The van der Waals surface area contributed by atoms with E-state index in [4.69, 9.17) is 9.26 Å². The topological polar surface area (TPSA) is 94.2 Å². The third-order valence-electron chi connectivity index (χ3n) is 3.74. The number of carbonyl (C=O) groups is 1. The van der Waals surface area contributed by atoms with Crippen molar-refractivity contribution >= 4 is 11.7 Å². The number of amides is 2. The predicted molar refractivity (Wildman–Crippen MR) is 83.0 cm³/mol. The van der Waals surface area contributed by atoms with Crippen LogP contribution in [0, 0.1) is 0 Å². The Kier molecular flexibility index (Phi) is 4.33. The van der Waals surface area contributed by atoms with Gasteiger partial charge in [-0.05, 0) is 5.92 Å². The molecule has 1 aliphatic rings. The van der Waals surface area contributed by atoms with Crippen LogP contribution in [-0.2, 0) is 31.4 Å². The van der Waals surface area contributed by atoms with Crippen molar-refractivity contribution in [2.45, 2.75) is 39.3 Å². The van der Waals surface area contributed by atoms with Crippen LogP contribution in [-0.4, -0.2) is 27.6 Å². The molecule has 124 valence electrons. The number of aryl methyl sites for hydroxylation is 1. The highest BCUT2D eigenvalue weighted by Crippen LogP contribution is 2.22. The second kappa shape index (κ2) is 6.41. The van der Waals surface area contributed by atoms with Gasteiger partial charge in [0.15, 0.2) is 0 Å². The average molecular weight is 319 g/mol. The molecular formula is C15H21N5O3. The lowest BCUT2D eigenvalue weighted by molar-refractivity contribution is 0.102. The van der Waals surface area contributed by atoms with Gasteiger partial charge in [0.1, 0.15) is 11.5 Å². The molecule has 0 aliphatic carbocycles. The minimum absolute atomic E-state index is 0.228. The molecule has 0 bridgehead atoms. The zero-order valence-electron chi connectivity index (χ0n) is 13.5. The normalized spacial score (nSPS) is 13.9. The number of rotatable bonds is 4. The van der Waals surface area contributed by atoms with Gasteiger partial charge in [0.25, 0.3) is 0 Å². The van der Waals surface area contributed by atoms with E-state index in [1.165, 1.54) is 0 Å². The van der Waals surface area contributed by atoms with Crippen LogP contribution < -0.4 is 10.6 Å². The van der Waals surface area contributed by atoms with E-state index in [-0.39, 0.29) is 11.9 Å². The lowest BCUT2D eigenvalue weighted by atomic mass is 10.1. The van der Waals surface area contributed by atoms with Gasteiger partial charge in [0.2, 0.25) is 0 Å². The lowest BCUT2D eigenvalue weighted by Gasteiger charge is -2.11. The molecule has 0 saturated carbocycles. The quantitative estimate of drug-likeness (QED) is 0.898. The number of aromatic nitrogens is 3. The molecule has 3 heterocycles. The third kappa shape index (κ3) is 3.37. The molecule has 23 heavy (non-hydrogen) atoms. The van der Waals surface area contributed by atoms with Crippen molar-refractivity contribution < 1.29 is 14.1 Å². The Balaban J connectivity index is 1.61. The second-order valence-electron chi connectivity index (χ2n) is 5.90. The summed E-state index contributed by atoms with van der Waals surface area (Å²) in [6.45, 7) is 5.50. The fourth-order valence-electron chi connectivity index (χ4n) is 2.58. The van der Waals surface area contributed by atoms with Gasteiger partial charge in [-0.25, -0.2) is 4.79 Å². The molecule has 0 saturated heterocycles. The molecular weight excluding hydrogens is 298 g/mol. The third-order valence-corrected chi connectivity index (χ3v) is 3.74. The van der Waals surface area contributed by atoms with Gasteiger partial charge in [0.05, 0.1) is 31.1 Å². The maximum Gasteiger partial charge on any atom is 0.319 e. The summed E-state index contributed by atoms with van der Waals surface area (Å²) < 4.78 is 12.4. The van der Waals surface area contributed by atoms with Crippen LogP contribution in [0.3, 0.4) is 0 Å². The Morgan fingerprint density at radius 3 is 3.09 bits per heavy atom. The Morgan fingerprint density at radius 1 is 1.48 bits per heavy atom. The first-order valence-electron chi connectivity index (χ1n) is 7.67. The molecule has 8 nitrogen and oxygen atoms in total. The summed E-state index contributed by atoms with van der Waals surface area (Å²) in [6, 6.07) is -0.298. The molecule has 1 aliphatic heterocycles. The minimum Gasteiger partial charge on any atom is -0.376 e. The molecule has 2 amide bonds. The second-order valence-corrected chi connectivity index (χ2v) is 5.90. The molecule has 0 atom stereocenters. The number of urea groups is 1. The number of nitrogens with zero attached hydrogens (tertiary/aromatic N) is 3. The van der Waals surface area contributed by atoms with Gasteiger partial charge in [-0.2, -0.15) is 5.10 Å². The molecule has 8 heteroatoms. The van der Waals surface area contributed by atoms with Crippen LogP contribution in [0.1, 0.15) is 42.5 Å². The van der Waals surface area contributed by atoms with Crippen molar-refractivity contribution in [1.82, 2.24) is 20.3 Å². The molecule has 0 aromatic carbocycles. The van der Waals surface area contributed by atoms with Crippen LogP contribution in [0.2, 0.25) is 0 Å². The van der Waals surface area contributed by atoms with E-state index in [9.17, 15) is 4.79 Å². The van der Waals surface area contributed by atoms with Crippen molar-refractivity contribution in [2.24, 2.45) is 7.05 Å². The molecule has 2 N–H and O–H groups in total. The van der Waals surface area contributed by atoms with Crippen molar-refractivity contribution in [1.29, 1.82) is 0 Å². The predicted octanol–water partition coefficient (Wildman–Crippen LogP) is 1.93. The Labute approximate surface area is 134 Å². The summed E-state index contributed by atoms with van der Waals surface area (Å²) in [5.74, 6) is 1.08. The minimum atomic E-state index is -0.298. The number of hydrogen-bond acceptors (Lipinski definition) is 5. The number of fused-ring (bicyclic) bond motifs is 1. The highest BCUT2D eigenvalue weighted by atomic mass is 16.5. The van der Waals surface area contributed by atoms with Crippen LogP contribution in [0.5, 0.6) is 0 Å². The maximum absolute atomic E-state index is 12.1. The fourth-order valence-corrected chi connectivity index (χ4v) is 2.58. The van der Waals surface area contributed by atoms with Crippen LogP contribution in [0.25, 0.3) is 0 Å². The summed E-state index contributed by atoms with van der Waals surface area (Å²) >= 11 is 0. The number of ether oxygens (including phenoxy) is 1. The van der Waals surface area contributed by atoms with E-state index in [0.717, 1.165) is 23.4 Å². The van der Waals surface area contributed by atoms with Gasteiger partial charge in [0, 0.05) is 25.2 Å². The molecule has 2 aromatic heterocycles. The molecule has 0 unspecified atom stereocenters. The molecule has 0 radical (unpaired) electrons. The van der Waals surface area contributed by atoms with Gasteiger partial charge in [-0.15, -0.1) is 0 Å². The van der Waals surface area contributed by atoms with Crippen molar-refractivity contribution in [3.05, 3.63) is 28.9 Å². The number of nitrogens with one attached hydrogen (secondary N) is 2. The first-order chi connectivity index (χ1) is 11.0. The molecule has 3 rings (SSSR count). The fraction of sp³-hybridized carbons (Fsp3) is 0.533. The smallest absolute Gasteiger partial charge is 0.319 e. The monoisotopic (exact) mass is 319 g/mol. The largest absolute Gasteiger partial charge is 0.376 e. The Morgan fingerprint density at radius 2 is 2.30 bits per heavy atom. The Bertz CT molecular complexity index is 704. The van der Waals surface area contributed by atoms with E-state index >= 15 is 0 Å². The summed E-state index contributed by atoms with van der Waals surface area (Å²) in [6.07, 6.45) is 2.52. The highest BCUT2D eigenvalue weighted by Gasteiger charge is 2.20. The number of anilines is 1. The summed E-state index contributed by atoms with van der Waals surface area (Å²) in [7, 11) is 1.83. The van der Waals surface area contributed by atoms with Crippen LogP contribution >= 0.6 is 0 Å². The van der Waals surface area contributed by atoms with Crippen molar-refractivity contribution in [2.75, 3.05) is 11.9 Å². The summed E-state index contributed by atoms with van der Waals surface area (Å²) in [5, 5.41) is 14.0. The van der Waals surface area contributed by atoms with Crippen LogP contribution in [0.4, 0.5) is 10.5 Å². The van der Waals surface area contributed by atoms with Crippen molar-refractivity contribution in [3.63, 3.8) is 0 Å². The lowest BCUT2D eigenvalue weighted by Crippen LogP contribution is -2.29. The van der Waals surface area contributed by atoms with Gasteiger partial charge < -0.3 is 19.9 Å². The molecule has 0 fully saturated rings. The SMILES string of the molecule is CC(C)c1nn(C)cc1NC(=O)NCc1noc2c1COCC2. The van der Waals surface area contributed by atoms with Crippen molar-refractivity contribution in [3.8, 4) is 0 Å². The van der Waals surface area contributed by atoms with E-state index in [1.54, 1.807) is 10.9 Å². The summed E-state index contributed by atoms with van der Waals surface area (Å²) in [4.78, 5) is 12.1. The van der Waals surface area contributed by atoms with E-state index in [0.29, 0.717) is 31.1 Å². The first kappa shape index (κ1) is 15.5. The van der Waals surface area contributed by atoms with Gasteiger partial charge in [-0.3, -0.25) is 4.68 Å².